The molecule has 1 aliphatic rings. The molecule has 25 heavy (non-hydrogen) atoms. The highest BCUT2D eigenvalue weighted by Crippen LogP contribution is 2.46. The van der Waals surface area contributed by atoms with Crippen molar-refractivity contribution in [2.24, 2.45) is 5.41 Å². The van der Waals surface area contributed by atoms with Crippen LogP contribution in [0.1, 0.15) is 44.7 Å². The number of hydrogen-bond donors (Lipinski definition) is 1. The number of carbonyl (C=O) groups is 1. The second kappa shape index (κ2) is 6.48. The number of rotatable bonds is 2. The molecule has 4 nitrogen and oxygen atoms in total. The lowest BCUT2D eigenvalue weighted by molar-refractivity contribution is -0.137. The van der Waals surface area contributed by atoms with Crippen molar-refractivity contribution in [3.8, 4) is 0 Å². The van der Waals surface area contributed by atoms with Crippen LogP contribution in [0.3, 0.4) is 0 Å². The lowest BCUT2D eigenvalue weighted by Crippen LogP contribution is -2.60. The second-order valence-electron chi connectivity index (χ2n) is 7.14. The first kappa shape index (κ1) is 19.5. The van der Waals surface area contributed by atoms with Crippen molar-refractivity contribution in [1.82, 2.24) is 4.90 Å². The van der Waals surface area contributed by atoms with Gasteiger partial charge in [0.1, 0.15) is 0 Å². The number of carboxylic acid groups (broad SMARTS) is 1. The van der Waals surface area contributed by atoms with E-state index in [-0.39, 0.29) is 22.7 Å². The third-order valence-corrected chi connectivity index (χ3v) is 5.53. The first-order valence-corrected chi connectivity index (χ1v) is 8.55. The number of likely N-dealkylation sites (tertiary alicyclic amines) is 1. The Morgan fingerprint density at radius 1 is 1.20 bits per heavy atom. The lowest BCUT2D eigenvalue weighted by atomic mass is 9.68. The summed E-state index contributed by atoms with van der Waals surface area (Å²) in [5, 5.41) is 9.61. The molecule has 0 spiro atoms. The molecule has 1 unspecified atom stereocenters. The molecule has 1 amide bonds. The van der Waals surface area contributed by atoms with Crippen molar-refractivity contribution in [2.75, 3.05) is 6.54 Å². The highest BCUT2D eigenvalue weighted by atomic mass is 32.1. The number of hydrogen-bond acceptors (Lipinski definition) is 2. The summed E-state index contributed by atoms with van der Waals surface area (Å²) in [4.78, 5) is 13.3. The van der Waals surface area contributed by atoms with E-state index in [1.165, 1.54) is 17.0 Å². The van der Waals surface area contributed by atoms with Gasteiger partial charge >= 0.3 is 12.3 Å². The Labute approximate surface area is 147 Å². The third kappa shape index (κ3) is 3.31. The van der Waals surface area contributed by atoms with Gasteiger partial charge in [-0.1, -0.05) is 32.9 Å². The van der Waals surface area contributed by atoms with Crippen molar-refractivity contribution in [1.29, 1.82) is 0 Å². The maximum atomic E-state index is 12.8. The molecule has 1 heterocycles. The zero-order valence-corrected chi connectivity index (χ0v) is 15.0. The standard InChI is InChI=1S/C17H20F3NO3S/c1-15(2,3)16(9-4-10-21(16)14(22)23)13(25-24)11-5-7-12(8-6-11)17(18,19)20/h5-8H,4,9-10H2,1-3H3,(H,22,23). The Balaban J connectivity index is 2.60. The smallest absolute Gasteiger partial charge is 0.416 e. The van der Waals surface area contributed by atoms with Gasteiger partial charge in [-0.2, -0.15) is 13.2 Å². The fraction of sp³-hybridized carbons (Fsp3) is 0.529. The van der Waals surface area contributed by atoms with E-state index in [4.69, 9.17) is 0 Å². The molecule has 0 aliphatic carbocycles. The van der Waals surface area contributed by atoms with Crippen LogP contribution in [-0.4, -0.2) is 37.3 Å². The number of halogens is 3. The van der Waals surface area contributed by atoms with Gasteiger partial charge in [0, 0.05) is 6.54 Å². The second-order valence-corrected chi connectivity index (χ2v) is 7.71. The third-order valence-electron chi connectivity index (χ3n) is 4.79. The number of nitrogens with zero attached hydrogens (tertiary/aromatic N) is 1. The van der Waals surface area contributed by atoms with Crippen LogP contribution in [0.2, 0.25) is 0 Å². The van der Waals surface area contributed by atoms with E-state index < -0.39 is 28.8 Å². The Bertz CT molecular complexity index is 718. The van der Waals surface area contributed by atoms with Gasteiger partial charge in [0.15, 0.2) is 0 Å². The molecule has 1 N–H and O–H groups in total. The molecule has 1 aromatic carbocycles. The van der Waals surface area contributed by atoms with E-state index in [1.807, 2.05) is 20.8 Å². The Kier molecular flexibility index (Phi) is 5.05. The largest absolute Gasteiger partial charge is 0.465 e. The van der Waals surface area contributed by atoms with Crippen molar-refractivity contribution in [3.05, 3.63) is 35.4 Å². The summed E-state index contributed by atoms with van der Waals surface area (Å²) < 4.78 is 50.3. The monoisotopic (exact) mass is 375 g/mol. The minimum Gasteiger partial charge on any atom is -0.465 e. The molecule has 138 valence electrons. The van der Waals surface area contributed by atoms with E-state index in [0.717, 1.165) is 12.1 Å². The quantitative estimate of drug-likeness (QED) is 0.628. The average Bonchev–Trinajstić information content (AvgIpc) is 2.93. The summed E-state index contributed by atoms with van der Waals surface area (Å²) >= 11 is 0.161. The summed E-state index contributed by atoms with van der Waals surface area (Å²) in [5.41, 5.74) is -2.14. The Hall–Kier alpha value is -1.83. The molecule has 2 rings (SSSR count). The normalized spacial score (nSPS) is 21.3. The molecule has 8 heteroatoms. The molecule has 0 aromatic heterocycles. The average molecular weight is 375 g/mol. The van der Waals surface area contributed by atoms with Crippen LogP contribution in [-0.2, 0) is 17.4 Å². The van der Waals surface area contributed by atoms with Crippen LogP contribution in [0.25, 0.3) is 0 Å². The van der Waals surface area contributed by atoms with Gasteiger partial charge in [0.2, 0.25) is 0 Å². The summed E-state index contributed by atoms with van der Waals surface area (Å²) in [6.07, 6.45) is -4.56. The van der Waals surface area contributed by atoms with E-state index in [0.29, 0.717) is 18.4 Å². The number of benzene rings is 1. The van der Waals surface area contributed by atoms with Crippen LogP contribution in [0, 0.1) is 5.41 Å². The fourth-order valence-electron chi connectivity index (χ4n) is 3.60. The minimum atomic E-state index is -4.47. The molecule has 1 atom stereocenters. The van der Waals surface area contributed by atoms with Gasteiger partial charge in [-0.15, -0.1) is 0 Å². The summed E-state index contributed by atoms with van der Waals surface area (Å²) in [6.45, 7) is 5.81. The van der Waals surface area contributed by atoms with E-state index >= 15 is 0 Å². The number of amides is 1. The van der Waals surface area contributed by atoms with Gasteiger partial charge in [0.05, 0.1) is 27.2 Å². The molecule has 1 fully saturated rings. The SMILES string of the molecule is CC(C)(C)C1(C(=S=O)c2ccc(C(F)(F)F)cc2)CCCN1C(=O)O. The zero-order chi connectivity index (χ0) is 19.0. The predicted molar refractivity (Wildman–Crippen MR) is 89.8 cm³/mol. The summed E-state index contributed by atoms with van der Waals surface area (Å²) in [5.74, 6) is 0. The molecule has 0 saturated carbocycles. The number of alkyl halides is 3. The van der Waals surface area contributed by atoms with E-state index in [9.17, 15) is 27.3 Å². The minimum absolute atomic E-state index is 0.161. The topological polar surface area (TPSA) is 57.6 Å². The van der Waals surface area contributed by atoms with Crippen molar-refractivity contribution < 1.29 is 27.3 Å². The summed E-state index contributed by atoms with van der Waals surface area (Å²) in [7, 11) is 0. The molecular formula is C17H20F3NO3S. The van der Waals surface area contributed by atoms with Crippen molar-refractivity contribution >= 4 is 22.2 Å². The molecule has 1 aliphatic heterocycles. The molecule has 0 radical (unpaired) electrons. The van der Waals surface area contributed by atoms with Crippen LogP contribution in [0.5, 0.6) is 0 Å². The first-order valence-electron chi connectivity index (χ1n) is 7.80. The summed E-state index contributed by atoms with van der Waals surface area (Å²) in [6, 6.07) is 4.33. The van der Waals surface area contributed by atoms with Gasteiger partial charge in [0.25, 0.3) is 0 Å². The van der Waals surface area contributed by atoms with Gasteiger partial charge in [-0.05, 0) is 36.0 Å². The maximum Gasteiger partial charge on any atom is 0.416 e. The molecule has 0 bridgehead atoms. The maximum absolute atomic E-state index is 12.8. The first-order chi connectivity index (χ1) is 11.4. The highest BCUT2D eigenvalue weighted by Gasteiger charge is 2.55. The zero-order valence-electron chi connectivity index (χ0n) is 14.2. The molecule has 1 aromatic rings. The van der Waals surface area contributed by atoms with Crippen LogP contribution >= 0.6 is 0 Å². The van der Waals surface area contributed by atoms with Crippen molar-refractivity contribution in [3.63, 3.8) is 0 Å². The van der Waals surface area contributed by atoms with Gasteiger partial charge < -0.3 is 5.11 Å². The Morgan fingerprint density at radius 3 is 2.16 bits per heavy atom. The lowest BCUT2D eigenvalue weighted by Gasteiger charge is -2.47. The van der Waals surface area contributed by atoms with Crippen molar-refractivity contribution in [2.45, 2.75) is 45.3 Å². The van der Waals surface area contributed by atoms with Crippen LogP contribution in [0.15, 0.2) is 24.3 Å². The van der Waals surface area contributed by atoms with Crippen LogP contribution < -0.4 is 0 Å². The van der Waals surface area contributed by atoms with Crippen LogP contribution in [0.4, 0.5) is 18.0 Å². The van der Waals surface area contributed by atoms with E-state index in [1.54, 1.807) is 0 Å². The van der Waals surface area contributed by atoms with E-state index in [2.05, 4.69) is 0 Å². The molecular weight excluding hydrogens is 355 g/mol. The predicted octanol–water partition coefficient (Wildman–Crippen LogP) is 4.00. The Morgan fingerprint density at radius 2 is 1.76 bits per heavy atom. The molecule has 1 saturated heterocycles. The fourth-order valence-corrected chi connectivity index (χ4v) is 4.49. The van der Waals surface area contributed by atoms with Gasteiger partial charge in [-0.3, -0.25) is 4.90 Å². The van der Waals surface area contributed by atoms with Gasteiger partial charge in [-0.25, -0.2) is 9.00 Å². The highest BCUT2D eigenvalue weighted by molar-refractivity contribution is 7.67.